The summed E-state index contributed by atoms with van der Waals surface area (Å²) in [7, 11) is 0. The summed E-state index contributed by atoms with van der Waals surface area (Å²) >= 11 is 1.44. The van der Waals surface area contributed by atoms with E-state index in [1.54, 1.807) is 16.9 Å². The second-order valence-corrected chi connectivity index (χ2v) is 6.37. The largest absolute Gasteiger partial charge is 0.401 e. The van der Waals surface area contributed by atoms with Gasteiger partial charge in [0.25, 0.3) is 5.89 Å². The summed E-state index contributed by atoms with van der Waals surface area (Å²) in [4.78, 5) is 13.0. The first-order valence-corrected chi connectivity index (χ1v) is 8.47. The number of thioether (sulfide) groups is 1. The van der Waals surface area contributed by atoms with Crippen LogP contribution in [0.5, 0.6) is 0 Å². The normalized spacial score (nSPS) is 11.0. The van der Waals surface area contributed by atoms with Crippen LogP contribution in [0.4, 0.5) is 6.01 Å². The molecule has 0 spiro atoms. The average Bonchev–Trinajstić information content (AvgIpc) is 3.22. The topological polar surface area (TPSA) is 85.8 Å². The zero-order valence-corrected chi connectivity index (χ0v) is 14.2. The standard InChI is InChI=1S/C16H17N5O2S/c1-11(2)21-13(8-9-17-21)15-19-20-16(23-15)18-14(22)10-24-12-6-4-3-5-7-12/h3-9,11H,10H2,1-2H3,(H,18,20,22). The molecule has 7 nitrogen and oxygen atoms in total. The Bertz CT molecular complexity index is 813. The molecule has 1 aromatic carbocycles. The first-order chi connectivity index (χ1) is 11.6. The van der Waals surface area contributed by atoms with E-state index in [1.807, 2.05) is 44.2 Å². The van der Waals surface area contributed by atoms with Crippen LogP contribution >= 0.6 is 11.8 Å². The minimum atomic E-state index is -0.198. The van der Waals surface area contributed by atoms with Gasteiger partial charge in [-0.05, 0) is 32.0 Å². The molecule has 0 saturated heterocycles. The van der Waals surface area contributed by atoms with Crippen LogP contribution in [-0.4, -0.2) is 31.6 Å². The van der Waals surface area contributed by atoms with Gasteiger partial charge in [-0.25, -0.2) is 0 Å². The van der Waals surface area contributed by atoms with Crippen LogP contribution in [0.2, 0.25) is 0 Å². The third-order valence-electron chi connectivity index (χ3n) is 3.16. The van der Waals surface area contributed by atoms with Crippen LogP contribution in [0.25, 0.3) is 11.6 Å². The number of nitrogens with zero attached hydrogens (tertiary/aromatic N) is 4. The second-order valence-electron chi connectivity index (χ2n) is 5.32. The van der Waals surface area contributed by atoms with Gasteiger partial charge in [-0.15, -0.1) is 16.9 Å². The summed E-state index contributed by atoms with van der Waals surface area (Å²) in [6, 6.07) is 11.8. The molecule has 2 aromatic heterocycles. The molecule has 1 N–H and O–H groups in total. The number of benzene rings is 1. The van der Waals surface area contributed by atoms with Crippen LogP contribution < -0.4 is 5.32 Å². The lowest BCUT2D eigenvalue weighted by Gasteiger charge is -2.07. The molecule has 0 saturated carbocycles. The molecule has 1 amide bonds. The number of carbonyl (C=O) groups excluding carboxylic acids is 1. The van der Waals surface area contributed by atoms with Gasteiger partial charge < -0.3 is 4.42 Å². The Morgan fingerprint density at radius 3 is 2.79 bits per heavy atom. The van der Waals surface area contributed by atoms with Gasteiger partial charge in [0.05, 0.1) is 5.75 Å². The summed E-state index contributed by atoms with van der Waals surface area (Å²) in [5.41, 5.74) is 0.719. The molecule has 3 rings (SSSR count). The summed E-state index contributed by atoms with van der Waals surface area (Å²) in [6.45, 7) is 4.02. The fraction of sp³-hybridized carbons (Fsp3) is 0.250. The summed E-state index contributed by atoms with van der Waals surface area (Å²) in [6.07, 6.45) is 1.67. The van der Waals surface area contributed by atoms with Crippen molar-refractivity contribution in [1.29, 1.82) is 0 Å². The van der Waals surface area contributed by atoms with Crippen molar-refractivity contribution >= 4 is 23.7 Å². The maximum Gasteiger partial charge on any atom is 0.322 e. The maximum atomic E-state index is 12.0. The van der Waals surface area contributed by atoms with Crippen LogP contribution in [0.15, 0.2) is 51.9 Å². The van der Waals surface area contributed by atoms with Crippen molar-refractivity contribution in [3.05, 3.63) is 42.6 Å². The van der Waals surface area contributed by atoms with E-state index < -0.39 is 0 Å². The van der Waals surface area contributed by atoms with E-state index in [-0.39, 0.29) is 23.7 Å². The van der Waals surface area contributed by atoms with Crippen LogP contribution in [-0.2, 0) is 4.79 Å². The quantitative estimate of drug-likeness (QED) is 0.692. The zero-order valence-electron chi connectivity index (χ0n) is 13.3. The average molecular weight is 343 g/mol. The van der Waals surface area contributed by atoms with Gasteiger partial charge in [-0.3, -0.25) is 14.8 Å². The van der Waals surface area contributed by atoms with E-state index in [0.29, 0.717) is 5.89 Å². The van der Waals surface area contributed by atoms with Crippen LogP contribution in [0, 0.1) is 0 Å². The molecule has 3 aromatic rings. The summed E-state index contributed by atoms with van der Waals surface area (Å²) in [5, 5.41) is 14.7. The first kappa shape index (κ1) is 16.3. The summed E-state index contributed by atoms with van der Waals surface area (Å²) in [5.74, 6) is 0.398. The van der Waals surface area contributed by atoms with E-state index in [2.05, 4.69) is 20.6 Å². The van der Waals surface area contributed by atoms with E-state index in [9.17, 15) is 4.79 Å². The van der Waals surface area contributed by atoms with Gasteiger partial charge in [-0.2, -0.15) is 5.10 Å². The molecule has 0 fully saturated rings. The fourth-order valence-electron chi connectivity index (χ4n) is 2.09. The van der Waals surface area contributed by atoms with Gasteiger partial charge in [0, 0.05) is 17.1 Å². The Balaban J connectivity index is 1.61. The predicted molar refractivity (Wildman–Crippen MR) is 91.7 cm³/mol. The van der Waals surface area contributed by atoms with Crippen LogP contribution in [0.3, 0.4) is 0 Å². The molecule has 8 heteroatoms. The number of rotatable bonds is 6. The highest BCUT2D eigenvalue weighted by Gasteiger charge is 2.16. The molecule has 0 radical (unpaired) electrons. The van der Waals surface area contributed by atoms with Gasteiger partial charge >= 0.3 is 6.01 Å². The van der Waals surface area contributed by atoms with E-state index >= 15 is 0 Å². The first-order valence-electron chi connectivity index (χ1n) is 7.48. The van der Waals surface area contributed by atoms with Gasteiger partial charge in [-0.1, -0.05) is 23.3 Å². The number of hydrogen-bond donors (Lipinski definition) is 1. The smallest absolute Gasteiger partial charge is 0.322 e. The molecule has 0 unspecified atom stereocenters. The lowest BCUT2D eigenvalue weighted by atomic mass is 10.3. The maximum absolute atomic E-state index is 12.0. The fourth-order valence-corrected chi connectivity index (χ4v) is 2.81. The Kier molecular flexibility index (Phi) is 4.95. The van der Waals surface area contributed by atoms with Crippen LogP contribution in [0.1, 0.15) is 19.9 Å². The van der Waals surface area contributed by atoms with Crippen molar-refractivity contribution < 1.29 is 9.21 Å². The van der Waals surface area contributed by atoms with E-state index in [4.69, 9.17) is 4.42 Å². The van der Waals surface area contributed by atoms with Crippen molar-refractivity contribution in [3.8, 4) is 11.6 Å². The van der Waals surface area contributed by atoms with Gasteiger partial charge in [0.2, 0.25) is 5.91 Å². The third-order valence-corrected chi connectivity index (χ3v) is 4.18. The second kappa shape index (κ2) is 7.31. The molecule has 0 aliphatic carbocycles. The van der Waals surface area contributed by atoms with Gasteiger partial charge in [0.1, 0.15) is 5.69 Å². The monoisotopic (exact) mass is 343 g/mol. The SMILES string of the molecule is CC(C)n1nccc1-c1nnc(NC(=O)CSc2ccccc2)o1. The molecule has 0 atom stereocenters. The van der Waals surface area contributed by atoms with Gasteiger partial charge in [0.15, 0.2) is 0 Å². The highest BCUT2D eigenvalue weighted by atomic mass is 32.2. The van der Waals surface area contributed by atoms with Crippen molar-refractivity contribution in [2.75, 3.05) is 11.1 Å². The predicted octanol–water partition coefficient (Wildman–Crippen LogP) is 3.24. The van der Waals surface area contributed by atoms with Crippen molar-refractivity contribution in [3.63, 3.8) is 0 Å². The Morgan fingerprint density at radius 1 is 1.25 bits per heavy atom. The molecule has 24 heavy (non-hydrogen) atoms. The number of amides is 1. The summed E-state index contributed by atoms with van der Waals surface area (Å²) < 4.78 is 7.30. The molecular weight excluding hydrogens is 326 g/mol. The number of aromatic nitrogens is 4. The van der Waals surface area contributed by atoms with E-state index in [0.717, 1.165) is 10.6 Å². The third kappa shape index (κ3) is 3.83. The molecule has 0 aliphatic rings. The number of carbonyl (C=O) groups is 1. The minimum absolute atomic E-state index is 0.0835. The Morgan fingerprint density at radius 2 is 2.04 bits per heavy atom. The molecule has 2 heterocycles. The lowest BCUT2D eigenvalue weighted by molar-refractivity contribution is -0.113. The molecule has 0 aliphatic heterocycles. The van der Waals surface area contributed by atoms with Crippen molar-refractivity contribution in [1.82, 2.24) is 20.0 Å². The highest BCUT2D eigenvalue weighted by molar-refractivity contribution is 8.00. The van der Waals surface area contributed by atoms with Crippen molar-refractivity contribution in [2.24, 2.45) is 0 Å². The number of anilines is 1. The van der Waals surface area contributed by atoms with Crippen molar-refractivity contribution in [2.45, 2.75) is 24.8 Å². The van der Waals surface area contributed by atoms with E-state index in [1.165, 1.54) is 11.8 Å². The number of hydrogen-bond acceptors (Lipinski definition) is 6. The highest BCUT2D eigenvalue weighted by Crippen LogP contribution is 2.22. The molecular formula is C16H17N5O2S. The Labute approximate surface area is 143 Å². The minimum Gasteiger partial charge on any atom is -0.401 e. The lowest BCUT2D eigenvalue weighted by Crippen LogP contribution is -2.14. The molecule has 124 valence electrons. The molecule has 0 bridgehead atoms. The number of nitrogens with one attached hydrogen (secondary N) is 1. The zero-order chi connectivity index (χ0) is 16.9. The Hall–Kier alpha value is -2.61.